The molecule has 1 fully saturated rings. The summed E-state index contributed by atoms with van der Waals surface area (Å²) in [4.78, 5) is 26.1. The molecule has 6 heteroatoms. The number of carboxylic acids is 1. The van der Waals surface area contributed by atoms with Crippen molar-refractivity contribution in [3.05, 3.63) is 43.8 Å². The molecule has 1 aromatic heterocycles. The molecule has 0 radical (unpaired) electrons. The average Bonchev–Trinajstić information content (AvgIpc) is 2.49. The summed E-state index contributed by atoms with van der Waals surface area (Å²) >= 11 is 2.14. The second-order valence-electron chi connectivity index (χ2n) is 5.78. The van der Waals surface area contributed by atoms with Crippen LogP contribution in [0.4, 0.5) is 0 Å². The van der Waals surface area contributed by atoms with Gasteiger partial charge in [-0.25, -0.2) is 4.79 Å². The minimum absolute atomic E-state index is 0.145. The normalized spacial score (nSPS) is 17.0. The van der Waals surface area contributed by atoms with E-state index in [9.17, 15) is 14.7 Å². The highest BCUT2D eigenvalue weighted by Gasteiger charge is 2.22. The van der Waals surface area contributed by atoms with E-state index in [0.29, 0.717) is 5.39 Å². The highest BCUT2D eigenvalue weighted by molar-refractivity contribution is 14.1. The molecule has 5 nitrogen and oxygen atoms in total. The van der Waals surface area contributed by atoms with Crippen LogP contribution in [0.3, 0.4) is 0 Å². The molecular weight excluding hydrogens is 395 g/mol. The number of hydrogen-bond donors (Lipinski definition) is 1. The van der Waals surface area contributed by atoms with Gasteiger partial charge in [0.25, 0.3) is 0 Å². The molecule has 0 spiro atoms. The molecule has 0 amide bonds. The van der Waals surface area contributed by atoms with Crippen molar-refractivity contribution in [1.29, 1.82) is 0 Å². The Morgan fingerprint density at radius 1 is 1.32 bits per heavy atom. The lowest BCUT2D eigenvalue weighted by atomic mass is 10.0. The van der Waals surface area contributed by atoms with Crippen molar-refractivity contribution < 1.29 is 9.90 Å². The maximum Gasteiger partial charge on any atom is 0.341 e. The number of hydrogen-bond acceptors (Lipinski definition) is 3. The van der Waals surface area contributed by atoms with Gasteiger partial charge in [0.2, 0.25) is 5.43 Å². The standard InChI is InChI=1S/C16H17IN2O3/c1-18-6-4-11(5-7-18)19-9-13(16(21)22)15(20)12-8-10(17)2-3-14(12)19/h2-3,8-9,11H,4-7H2,1H3,(H,21,22). The Kier molecular flexibility index (Phi) is 4.22. The first-order valence-corrected chi connectivity index (χ1v) is 8.31. The van der Waals surface area contributed by atoms with Crippen LogP contribution < -0.4 is 5.43 Å². The van der Waals surface area contributed by atoms with Gasteiger partial charge in [-0.2, -0.15) is 0 Å². The van der Waals surface area contributed by atoms with Gasteiger partial charge in [-0.3, -0.25) is 4.79 Å². The molecule has 1 aliphatic rings. The molecule has 0 bridgehead atoms. The van der Waals surface area contributed by atoms with Crippen molar-refractivity contribution in [2.24, 2.45) is 0 Å². The third kappa shape index (κ3) is 2.77. The summed E-state index contributed by atoms with van der Waals surface area (Å²) in [5, 5.41) is 9.83. The topological polar surface area (TPSA) is 62.5 Å². The lowest BCUT2D eigenvalue weighted by Crippen LogP contribution is -2.32. The number of fused-ring (bicyclic) bond motifs is 1. The fraction of sp³-hybridized carbons (Fsp3) is 0.375. The van der Waals surface area contributed by atoms with E-state index in [-0.39, 0.29) is 11.6 Å². The van der Waals surface area contributed by atoms with Crippen LogP contribution in [0, 0.1) is 3.57 Å². The molecule has 0 saturated carbocycles. The van der Waals surface area contributed by atoms with Crippen LogP contribution >= 0.6 is 22.6 Å². The van der Waals surface area contributed by atoms with E-state index in [1.54, 1.807) is 6.07 Å². The van der Waals surface area contributed by atoms with Gasteiger partial charge in [0.1, 0.15) is 5.56 Å². The number of carbonyl (C=O) groups is 1. The lowest BCUT2D eigenvalue weighted by molar-refractivity contribution is 0.0694. The number of aromatic carboxylic acids is 1. The number of pyridine rings is 1. The highest BCUT2D eigenvalue weighted by Crippen LogP contribution is 2.26. The smallest absolute Gasteiger partial charge is 0.341 e. The summed E-state index contributed by atoms with van der Waals surface area (Å²) in [5.41, 5.74) is 0.281. The lowest BCUT2D eigenvalue weighted by Gasteiger charge is -2.31. The molecule has 116 valence electrons. The zero-order chi connectivity index (χ0) is 15.9. The number of benzene rings is 1. The maximum atomic E-state index is 12.4. The minimum atomic E-state index is -1.16. The summed E-state index contributed by atoms with van der Waals surface area (Å²) in [7, 11) is 2.09. The van der Waals surface area contributed by atoms with E-state index < -0.39 is 11.4 Å². The van der Waals surface area contributed by atoms with Crippen LogP contribution in [0.1, 0.15) is 29.2 Å². The van der Waals surface area contributed by atoms with Crippen LogP contribution in [-0.4, -0.2) is 40.7 Å². The van der Waals surface area contributed by atoms with Crippen LogP contribution in [0.15, 0.2) is 29.2 Å². The van der Waals surface area contributed by atoms with E-state index in [0.717, 1.165) is 35.0 Å². The van der Waals surface area contributed by atoms with Gasteiger partial charge >= 0.3 is 5.97 Å². The van der Waals surface area contributed by atoms with Gasteiger partial charge in [-0.05, 0) is 73.8 Å². The SMILES string of the molecule is CN1CCC(n2cc(C(=O)O)c(=O)c3cc(I)ccc32)CC1. The Morgan fingerprint density at radius 2 is 2.00 bits per heavy atom. The number of halogens is 1. The first kappa shape index (κ1) is 15.5. The van der Waals surface area contributed by atoms with E-state index in [1.165, 1.54) is 6.20 Å². The van der Waals surface area contributed by atoms with E-state index in [2.05, 4.69) is 34.5 Å². The van der Waals surface area contributed by atoms with Crippen LogP contribution in [0.5, 0.6) is 0 Å². The first-order valence-electron chi connectivity index (χ1n) is 7.23. The zero-order valence-corrected chi connectivity index (χ0v) is 14.4. The van der Waals surface area contributed by atoms with Crippen molar-refractivity contribution in [1.82, 2.24) is 9.47 Å². The van der Waals surface area contributed by atoms with Crippen molar-refractivity contribution in [3.8, 4) is 0 Å². The summed E-state index contributed by atoms with van der Waals surface area (Å²) in [6, 6.07) is 5.88. The van der Waals surface area contributed by atoms with Crippen LogP contribution in [0.2, 0.25) is 0 Å². The summed E-state index contributed by atoms with van der Waals surface area (Å²) < 4.78 is 2.92. The third-order valence-electron chi connectivity index (χ3n) is 4.31. The van der Waals surface area contributed by atoms with Crippen LogP contribution in [-0.2, 0) is 0 Å². The Bertz CT molecular complexity index is 792. The van der Waals surface area contributed by atoms with Gasteiger partial charge in [0.05, 0.1) is 5.52 Å². The van der Waals surface area contributed by atoms with Crippen molar-refractivity contribution >= 4 is 39.5 Å². The van der Waals surface area contributed by atoms with E-state index in [4.69, 9.17) is 0 Å². The third-order valence-corrected chi connectivity index (χ3v) is 4.98. The van der Waals surface area contributed by atoms with Gasteiger partial charge < -0.3 is 14.6 Å². The molecule has 0 unspecified atom stereocenters. The maximum absolute atomic E-state index is 12.4. The molecule has 2 aromatic rings. The van der Waals surface area contributed by atoms with Crippen molar-refractivity contribution in [2.45, 2.75) is 18.9 Å². The quantitative estimate of drug-likeness (QED) is 0.771. The Labute approximate surface area is 141 Å². The minimum Gasteiger partial charge on any atom is -0.477 e. The van der Waals surface area contributed by atoms with Crippen LogP contribution in [0.25, 0.3) is 10.9 Å². The summed E-state index contributed by atoms with van der Waals surface area (Å²) in [6.45, 7) is 1.95. The van der Waals surface area contributed by atoms with Gasteiger partial charge in [0.15, 0.2) is 0 Å². The van der Waals surface area contributed by atoms with Gasteiger partial charge in [-0.1, -0.05) is 0 Å². The fourth-order valence-electron chi connectivity index (χ4n) is 3.06. The zero-order valence-electron chi connectivity index (χ0n) is 12.3. The van der Waals surface area contributed by atoms with Crippen molar-refractivity contribution in [2.75, 3.05) is 20.1 Å². The number of rotatable bonds is 2. The van der Waals surface area contributed by atoms with E-state index in [1.807, 2.05) is 16.7 Å². The largest absolute Gasteiger partial charge is 0.477 e. The molecule has 1 N–H and O–H groups in total. The molecule has 1 aromatic carbocycles. The molecule has 0 aliphatic carbocycles. The number of nitrogens with zero attached hydrogens (tertiary/aromatic N) is 2. The fourth-order valence-corrected chi connectivity index (χ4v) is 3.55. The predicted molar refractivity (Wildman–Crippen MR) is 93.7 cm³/mol. The highest BCUT2D eigenvalue weighted by atomic mass is 127. The molecule has 1 saturated heterocycles. The Hall–Kier alpha value is -1.41. The molecule has 3 rings (SSSR count). The number of likely N-dealkylation sites (tertiary alicyclic amines) is 1. The number of aromatic nitrogens is 1. The predicted octanol–water partition coefficient (Wildman–Crippen LogP) is 2.57. The van der Waals surface area contributed by atoms with Gasteiger partial charge in [0, 0.05) is 21.2 Å². The second kappa shape index (κ2) is 6.00. The number of piperidine rings is 1. The van der Waals surface area contributed by atoms with Crippen molar-refractivity contribution in [3.63, 3.8) is 0 Å². The van der Waals surface area contributed by atoms with E-state index >= 15 is 0 Å². The second-order valence-corrected chi connectivity index (χ2v) is 7.03. The number of carboxylic acid groups (broad SMARTS) is 1. The molecular formula is C16H17IN2O3. The summed E-state index contributed by atoms with van der Waals surface area (Å²) in [5.74, 6) is -1.16. The molecule has 22 heavy (non-hydrogen) atoms. The molecule has 0 atom stereocenters. The average molecular weight is 412 g/mol. The van der Waals surface area contributed by atoms with Gasteiger partial charge in [-0.15, -0.1) is 0 Å². The Balaban J connectivity index is 2.22. The monoisotopic (exact) mass is 412 g/mol. The summed E-state index contributed by atoms with van der Waals surface area (Å²) in [6.07, 6.45) is 3.44. The Morgan fingerprint density at radius 3 is 2.64 bits per heavy atom. The first-order chi connectivity index (χ1) is 10.5. The molecule has 2 heterocycles. The molecule has 1 aliphatic heterocycles.